The van der Waals surface area contributed by atoms with Gasteiger partial charge in [0.1, 0.15) is 0 Å². The lowest BCUT2D eigenvalue weighted by Crippen LogP contribution is -2.44. The van der Waals surface area contributed by atoms with E-state index in [1.54, 1.807) is 0 Å². The summed E-state index contributed by atoms with van der Waals surface area (Å²) < 4.78 is 0. The Kier molecular flexibility index (Phi) is 6.10. The number of carbonyl (C=O) groups excluding carboxylic acids is 1. The van der Waals surface area contributed by atoms with Crippen molar-refractivity contribution in [2.45, 2.75) is 31.9 Å². The minimum Gasteiger partial charge on any atom is -0.355 e. The molecule has 1 fully saturated rings. The fraction of sp³-hybridized carbons (Fsp3) is 0.909. The number of hydrogen-bond donors (Lipinski definition) is 1. The van der Waals surface area contributed by atoms with E-state index in [0.717, 1.165) is 31.3 Å². The number of amides is 1. The van der Waals surface area contributed by atoms with Gasteiger partial charge in [0.2, 0.25) is 5.91 Å². The first-order valence-corrected chi connectivity index (χ1v) is 6.91. The molecule has 88 valence electrons. The van der Waals surface area contributed by atoms with Crippen molar-refractivity contribution < 1.29 is 4.79 Å². The molecule has 4 heteroatoms. The summed E-state index contributed by atoms with van der Waals surface area (Å²) in [4.78, 5) is 13.8. The molecule has 0 spiro atoms. The van der Waals surface area contributed by atoms with Crippen LogP contribution in [0.1, 0.15) is 26.7 Å². The van der Waals surface area contributed by atoms with Gasteiger partial charge in [-0.3, -0.25) is 9.69 Å². The van der Waals surface area contributed by atoms with Crippen LogP contribution in [0.5, 0.6) is 0 Å². The third-order valence-electron chi connectivity index (χ3n) is 2.62. The largest absolute Gasteiger partial charge is 0.355 e. The number of nitrogens with one attached hydrogen (secondary N) is 1. The SMILES string of the molecule is CCCNC(=O)CN1CCS[C@H](CC)C1. The second-order valence-corrected chi connectivity index (χ2v) is 5.39. The number of carbonyl (C=O) groups is 1. The third-order valence-corrected chi connectivity index (χ3v) is 3.99. The quantitative estimate of drug-likeness (QED) is 0.773. The molecule has 1 heterocycles. The second-order valence-electron chi connectivity index (χ2n) is 3.99. The van der Waals surface area contributed by atoms with Gasteiger partial charge < -0.3 is 5.32 Å². The van der Waals surface area contributed by atoms with E-state index in [1.165, 1.54) is 12.2 Å². The van der Waals surface area contributed by atoms with Gasteiger partial charge in [-0.05, 0) is 12.8 Å². The van der Waals surface area contributed by atoms with Crippen molar-refractivity contribution in [3.63, 3.8) is 0 Å². The molecule has 0 aliphatic carbocycles. The van der Waals surface area contributed by atoms with Gasteiger partial charge in [-0.25, -0.2) is 0 Å². The van der Waals surface area contributed by atoms with E-state index >= 15 is 0 Å². The van der Waals surface area contributed by atoms with Crippen LogP contribution in [-0.4, -0.2) is 48.0 Å². The maximum absolute atomic E-state index is 11.5. The predicted octanol–water partition coefficient (Wildman–Crippen LogP) is 1.34. The molecule has 0 unspecified atom stereocenters. The van der Waals surface area contributed by atoms with Crippen molar-refractivity contribution in [2.75, 3.05) is 31.9 Å². The van der Waals surface area contributed by atoms with Crippen LogP contribution in [0.3, 0.4) is 0 Å². The van der Waals surface area contributed by atoms with Gasteiger partial charge in [-0.2, -0.15) is 11.8 Å². The third kappa shape index (κ3) is 4.89. The van der Waals surface area contributed by atoms with E-state index < -0.39 is 0 Å². The minimum absolute atomic E-state index is 0.179. The van der Waals surface area contributed by atoms with Gasteiger partial charge in [0, 0.05) is 30.6 Å². The molecule has 1 N–H and O–H groups in total. The number of nitrogens with zero attached hydrogens (tertiary/aromatic N) is 1. The smallest absolute Gasteiger partial charge is 0.234 e. The Morgan fingerprint density at radius 1 is 1.53 bits per heavy atom. The predicted molar refractivity (Wildman–Crippen MR) is 66.3 cm³/mol. The van der Waals surface area contributed by atoms with Crippen molar-refractivity contribution >= 4 is 17.7 Å². The van der Waals surface area contributed by atoms with Gasteiger partial charge in [0.05, 0.1) is 6.54 Å². The number of thioether (sulfide) groups is 1. The molecule has 1 rings (SSSR count). The van der Waals surface area contributed by atoms with Crippen molar-refractivity contribution in [1.29, 1.82) is 0 Å². The Labute approximate surface area is 97.0 Å². The monoisotopic (exact) mass is 230 g/mol. The minimum atomic E-state index is 0.179. The lowest BCUT2D eigenvalue weighted by Gasteiger charge is -2.31. The molecule has 0 aromatic heterocycles. The highest BCUT2D eigenvalue weighted by atomic mass is 32.2. The fourth-order valence-corrected chi connectivity index (χ4v) is 2.94. The molecule has 0 saturated carbocycles. The molecule has 0 radical (unpaired) electrons. The van der Waals surface area contributed by atoms with E-state index in [1.807, 2.05) is 11.8 Å². The number of hydrogen-bond acceptors (Lipinski definition) is 3. The van der Waals surface area contributed by atoms with E-state index in [0.29, 0.717) is 6.54 Å². The summed E-state index contributed by atoms with van der Waals surface area (Å²) in [5, 5.41) is 3.65. The maximum Gasteiger partial charge on any atom is 0.234 e. The van der Waals surface area contributed by atoms with Crippen LogP contribution in [0.15, 0.2) is 0 Å². The molecule has 1 aliphatic heterocycles. The van der Waals surface area contributed by atoms with Crippen molar-refractivity contribution in [3.05, 3.63) is 0 Å². The Hall–Kier alpha value is -0.220. The van der Waals surface area contributed by atoms with E-state index in [-0.39, 0.29) is 5.91 Å². The zero-order chi connectivity index (χ0) is 11.1. The molecule has 1 amide bonds. The average Bonchev–Trinajstić information content (AvgIpc) is 2.26. The summed E-state index contributed by atoms with van der Waals surface area (Å²) in [6.45, 7) is 7.81. The topological polar surface area (TPSA) is 32.3 Å². The Bertz CT molecular complexity index is 199. The molecule has 15 heavy (non-hydrogen) atoms. The summed E-state index contributed by atoms with van der Waals surface area (Å²) in [7, 11) is 0. The Morgan fingerprint density at radius 3 is 3.00 bits per heavy atom. The molecular weight excluding hydrogens is 208 g/mol. The van der Waals surface area contributed by atoms with Crippen LogP contribution in [0.4, 0.5) is 0 Å². The molecular formula is C11H22N2OS. The van der Waals surface area contributed by atoms with E-state index in [4.69, 9.17) is 0 Å². The molecule has 0 bridgehead atoms. The van der Waals surface area contributed by atoms with Crippen LogP contribution < -0.4 is 5.32 Å². The first-order chi connectivity index (χ1) is 7.26. The summed E-state index contributed by atoms with van der Waals surface area (Å²) in [5.41, 5.74) is 0. The van der Waals surface area contributed by atoms with Gasteiger partial charge in [-0.1, -0.05) is 13.8 Å². The highest BCUT2D eigenvalue weighted by Gasteiger charge is 2.20. The van der Waals surface area contributed by atoms with Crippen molar-refractivity contribution in [3.8, 4) is 0 Å². The van der Waals surface area contributed by atoms with Crippen LogP contribution in [0.2, 0.25) is 0 Å². The molecule has 1 aliphatic rings. The van der Waals surface area contributed by atoms with Gasteiger partial charge in [0.25, 0.3) is 0 Å². The fourth-order valence-electron chi connectivity index (χ4n) is 1.69. The summed E-state index contributed by atoms with van der Waals surface area (Å²) in [6.07, 6.45) is 2.22. The van der Waals surface area contributed by atoms with Crippen LogP contribution >= 0.6 is 11.8 Å². The Balaban J connectivity index is 2.22. The van der Waals surface area contributed by atoms with E-state index in [9.17, 15) is 4.79 Å². The first-order valence-electron chi connectivity index (χ1n) is 5.87. The summed E-state index contributed by atoms with van der Waals surface area (Å²) >= 11 is 2.04. The van der Waals surface area contributed by atoms with Crippen LogP contribution in [0, 0.1) is 0 Å². The zero-order valence-electron chi connectivity index (χ0n) is 9.79. The zero-order valence-corrected chi connectivity index (χ0v) is 10.6. The van der Waals surface area contributed by atoms with Crippen LogP contribution in [-0.2, 0) is 4.79 Å². The lowest BCUT2D eigenvalue weighted by atomic mass is 10.3. The molecule has 3 nitrogen and oxygen atoms in total. The highest BCUT2D eigenvalue weighted by Crippen LogP contribution is 2.20. The van der Waals surface area contributed by atoms with Gasteiger partial charge in [0.15, 0.2) is 0 Å². The van der Waals surface area contributed by atoms with Crippen molar-refractivity contribution in [1.82, 2.24) is 10.2 Å². The molecule has 0 aromatic rings. The summed E-state index contributed by atoms with van der Waals surface area (Å²) in [5.74, 6) is 1.35. The van der Waals surface area contributed by atoms with Crippen LogP contribution in [0.25, 0.3) is 0 Å². The number of rotatable bonds is 5. The normalized spacial score (nSPS) is 22.7. The molecule has 1 saturated heterocycles. The van der Waals surface area contributed by atoms with Gasteiger partial charge in [-0.15, -0.1) is 0 Å². The Morgan fingerprint density at radius 2 is 2.33 bits per heavy atom. The average molecular weight is 230 g/mol. The second kappa shape index (κ2) is 7.12. The van der Waals surface area contributed by atoms with Crippen molar-refractivity contribution in [2.24, 2.45) is 0 Å². The maximum atomic E-state index is 11.5. The van der Waals surface area contributed by atoms with E-state index in [2.05, 4.69) is 24.1 Å². The summed E-state index contributed by atoms with van der Waals surface area (Å²) in [6, 6.07) is 0. The molecule has 0 aromatic carbocycles. The standard InChI is InChI=1S/C11H22N2OS/c1-3-5-12-11(14)9-13-6-7-15-10(4-2)8-13/h10H,3-9H2,1-2H3,(H,12,14)/t10-/m1/s1. The highest BCUT2D eigenvalue weighted by molar-refractivity contribution is 8.00. The lowest BCUT2D eigenvalue weighted by molar-refractivity contribution is -0.122. The first kappa shape index (κ1) is 12.8. The van der Waals surface area contributed by atoms with Gasteiger partial charge >= 0.3 is 0 Å². The molecule has 1 atom stereocenters.